The summed E-state index contributed by atoms with van der Waals surface area (Å²) in [6.45, 7) is 1.86. The fourth-order valence-corrected chi connectivity index (χ4v) is 2.59. The second-order valence-corrected chi connectivity index (χ2v) is 5.39. The third-order valence-electron chi connectivity index (χ3n) is 3.32. The number of hydrogen-bond donors (Lipinski definition) is 3. The summed E-state index contributed by atoms with van der Waals surface area (Å²) in [4.78, 5) is 14.8. The third kappa shape index (κ3) is 3.00. The molecule has 3 aromatic rings. The molecule has 0 aliphatic heterocycles. The first-order valence-electron chi connectivity index (χ1n) is 6.63. The van der Waals surface area contributed by atoms with Crippen LogP contribution < -0.4 is 11.1 Å². The molecule has 0 spiro atoms. The summed E-state index contributed by atoms with van der Waals surface area (Å²) in [5.41, 5.74) is 8.76. The quantitative estimate of drug-likeness (QED) is 0.664. The van der Waals surface area contributed by atoms with E-state index in [0.29, 0.717) is 16.4 Å². The number of amides is 1. The molecule has 1 amide bonds. The maximum Gasteiger partial charge on any atom is 0.410 e. The minimum absolute atomic E-state index is 0.265. The molecule has 0 fully saturated rings. The van der Waals surface area contributed by atoms with Crippen LogP contribution in [0.25, 0.3) is 22.0 Å². The maximum absolute atomic E-state index is 10.7. The molecule has 0 atom stereocenters. The van der Waals surface area contributed by atoms with Gasteiger partial charge < -0.3 is 10.8 Å². The van der Waals surface area contributed by atoms with Crippen molar-refractivity contribution < 1.29 is 9.90 Å². The zero-order chi connectivity index (χ0) is 16.6. The fraction of sp³-hybridized carbons (Fsp3) is 0.0667. The van der Waals surface area contributed by atoms with Crippen molar-refractivity contribution in [1.29, 1.82) is 0 Å². The van der Waals surface area contributed by atoms with Gasteiger partial charge in [0.2, 0.25) is 0 Å². The SMILES string of the molecule is Cc1cc(NC(=O)O)ncc1-c1cc(Cl)c2nnc(N)cc2c1. The molecule has 3 rings (SSSR count). The molecule has 8 heteroatoms. The number of anilines is 2. The second kappa shape index (κ2) is 5.69. The molecule has 0 saturated carbocycles. The van der Waals surface area contributed by atoms with Crippen LogP contribution in [0.2, 0.25) is 5.02 Å². The van der Waals surface area contributed by atoms with Gasteiger partial charge in [0.1, 0.15) is 17.2 Å². The van der Waals surface area contributed by atoms with Gasteiger partial charge in [0.15, 0.2) is 0 Å². The zero-order valence-electron chi connectivity index (χ0n) is 12.0. The van der Waals surface area contributed by atoms with Crippen LogP contribution in [-0.4, -0.2) is 26.4 Å². The van der Waals surface area contributed by atoms with E-state index in [2.05, 4.69) is 20.5 Å². The molecule has 0 radical (unpaired) electrons. The van der Waals surface area contributed by atoms with Crippen molar-refractivity contribution in [3.8, 4) is 11.1 Å². The van der Waals surface area contributed by atoms with Crippen molar-refractivity contribution >= 4 is 40.2 Å². The van der Waals surface area contributed by atoms with Gasteiger partial charge in [-0.25, -0.2) is 9.78 Å². The average Bonchev–Trinajstić information content (AvgIpc) is 2.46. The number of pyridine rings is 1. The predicted octanol–water partition coefficient (Wildman–Crippen LogP) is 3.33. The van der Waals surface area contributed by atoms with Gasteiger partial charge in [-0.05, 0) is 42.3 Å². The summed E-state index contributed by atoms with van der Waals surface area (Å²) >= 11 is 6.26. The third-order valence-corrected chi connectivity index (χ3v) is 3.61. The number of aromatic nitrogens is 3. The van der Waals surface area contributed by atoms with Crippen LogP contribution in [0.15, 0.2) is 30.5 Å². The number of nitrogens with one attached hydrogen (secondary N) is 1. The maximum atomic E-state index is 10.7. The Bertz CT molecular complexity index is 929. The van der Waals surface area contributed by atoms with E-state index in [9.17, 15) is 4.79 Å². The summed E-state index contributed by atoms with van der Waals surface area (Å²) in [6, 6.07) is 7.01. The normalized spacial score (nSPS) is 10.7. The predicted molar refractivity (Wildman–Crippen MR) is 88.6 cm³/mol. The van der Waals surface area contributed by atoms with E-state index in [1.165, 1.54) is 0 Å². The summed E-state index contributed by atoms with van der Waals surface area (Å²) < 4.78 is 0. The van der Waals surface area contributed by atoms with Crippen LogP contribution >= 0.6 is 11.6 Å². The number of fused-ring (bicyclic) bond motifs is 1. The molecule has 0 unspecified atom stereocenters. The summed E-state index contributed by atoms with van der Waals surface area (Å²) in [5, 5.41) is 20.0. The van der Waals surface area contributed by atoms with E-state index >= 15 is 0 Å². The molecule has 2 heterocycles. The molecular formula is C15H12ClN5O2. The second-order valence-electron chi connectivity index (χ2n) is 4.98. The summed E-state index contributed by atoms with van der Waals surface area (Å²) in [5.74, 6) is 0.572. The first-order chi connectivity index (χ1) is 10.9. The number of nitrogens with zero attached hydrogens (tertiary/aromatic N) is 3. The molecule has 23 heavy (non-hydrogen) atoms. The minimum Gasteiger partial charge on any atom is -0.465 e. The lowest BCUT2D eigenvalue weighted by molar-refractivity contribution is 0.209. The van der Waals surface area contributed by atoms with Crippen molar-refractivity contribution in [2.75, 3.05) is 11.1 Å². The van der Waals surface area contributed by atoms with Gasteiger partial charge in [0, 0.05) is 17.1 Å². The van der Waals surface area contributed by atoms with Crippen LogP contribution in [0.3, 0.4) is 0 Å². The number of nitrogen functional groups attached to an aromatic ring is 1. The summed E-state index contributed by atoms with van der Waals surface area (Å²) in [6.07, 6.45) is 0.434. The molecule has 7 nitrogen and oxygen atoms in total. The highest BCUT2D eigenvalue weighted by atomic mass is 35.5. The fourth-order valence-electron chi connectivity index (χ4n) is 2.32. The molecule has 2 aromatic heterocycles. The Kier molecular flexibility index (Phi) is 3.71. The lowest BCUT2D eigenvalue weighted by Gasteiger charge is -2.10. The van der Waals surface area contributed by atoms with E-state index in [0.717, 1.165) is 22.1 Å². The van der Waals surface area contributed by atoms with Crippen LogP contribution in [-0.2, 0) is 0 Å². The molecule has 0 saturated heterocycles. The van der Waals surface area contributed by atoms with Crippen molar-refractivity contribution in [1.82, 2.24) is 15.2 Å². The number of aryl methyl sites for hydroxylation is 1. The number of benzene rings is 1. The van der Waals surface area contributed by atoms with E-state index in [-0.39, 0.29) is 5.82 Å². The number of halogens is 1. The molecule has 0 aliphatic rings. The van der Waals surface area contributed by atoms with Gasteiger partial charge in [0.25, 0.3) is 0 Å². The Morgan fingerprint density at radius 2 is 2.04 bits per heavy atom. The lowest BCUT2D eigenvalue weighted by Crippen LogP contribution is -2.08. The van der Waals surface area contributed by atoms with E-state index in [1.54, 1.807) is 24.4 Å². The number of nitrogens with two attached hydrogens (primary N) is 1. The van der Waals surface area contributed by atoms with Crippen molar-refractivity contribution in [2.45, 2.75) is 6.92 Å². The molecular weight excluding hydrogens is 318 g/mol. The highest BCUT2D eigenvalue weighted by Crippen LogP contribution is 2.31. The number of carboxylic acid groups (broad SMARTS) is 1. The van der Waals surface area contributed by atoms with E-state index in [4.69, 9.17) is 22.4 Å². The highest BCUT2D eigenvalue weighted by Gasteiger charge is 2.10. The number of carbonyl (C=O) groups is 1. The Morgan fingerprint density at radius 3 is 2.74 bits per heavy atom. The monoisotopic (exact) mass is 329 g/mol. The minimum atomic E-state index is -1.16. The number of hydrogen-bond acceptors (Lipinski definition) is 5. The van der Waals surface area contributed by atoms with Crippen LogP contribution in [0.4, 0.5) is 16.4 Å². The lowest BCUT2D eigenvalue weighted by atomic mass is 10.0. The largest absolute Gasteiger partial charge is 0.465 e. The van der Waals surface area contributed by atoms with Crippen LogP contribution in [0, 0.1) is 6.92 Å². The van der Waals surface area contributed by atoms with Gasteiger partial charge in [-0.15, -0.1) is 10.2 Å². The van der Waals surface area contributed by atoms with Crippen molar-refractivity contribution in [3.05, 3.63) is 41.0 Å². The van der Waals surface area contributed by atoms with Crippen LogP contribution in [0.5, 0.6) is 0 Å². The molecule has 4 N–H and O–H groups in total. The molecule has 0 bridgehead atoms. The van der Waals surface area contributed by atoms with Crippen molar-refractivity contribution in [3.63, 3.8) is 0 Å². The van der Waals surface area contributed by atoms with Crippen LogP contribution in [0.1, 0.15) is 5.56 Å². The first kappa shape index (κ1) is 15.0. The average molecular weight is 330 g/mol. The molecule has 0 aliphatic carbocycles. The molecule has 116 valence electrons. The topological polar surface area (TPSA) is 114 Å². The smallest absolute Gasteiger partial charge is 0.410 e. The standard InChI is InChI=1S/C15H12ClN5O2/c1-7-2-13(19-15(22)23)18-6-10(7)8-3-9-5-12(17)20-21-14(9)11(16)4-8/h2-6H,1H3,(H2,17,20)(H,18,19)(H,22,23). The Hall–Kier alpha value is -2.93. The van der Waals surface area contributed by atoms with Gasteiger partial charge in [0.05, 0.1) is 5.02 Å². The van der Waals surface area contributed by atoms with E-state index < -0.39 is 6.09 Å². The summed E-state index contributed by atoms with van der Waals surface area (Å²) in [7, 11) is 0. The zero-order valence-corrected chi connectivity index (χ0v) is 12.8. The Balaban J connectivity index is 2.11. The number of rotatable bonds is 2. The van der Waals surface area contributed by atoms with Gasteiger partial charge in [-0.3, -0.25) is 5.32 Å². The highest BCUT2D eigenvalue weighted by molar-refractivity contribution is 6.35. The Labute approximate surface area is 136 Å². The Morgan fingerprint density at radius 1 is 1.26 bits per heavy atom. The first-order valence-corrected chi connectivity index (χ1v) is 7.01. The van der Waals surface area contributed by atoms with Gasteiger partial charge >= 0.3 is 6.09 Å². The van der Waals surface area contributed by atoms with Gasteiger partial charge in [-0.2, -0.15) is 0 Å². The van der Waals surface area contributed by atoms with Crippen molar-refractivity contribution in [2.24, 2.45) is 0 Å². The van der Waals surface area contributed by atoms with Gasteiger partial charge in [-0.1, -0.05) is 11.6 Å². The molecule has 1 aromatic carbocycles. The van der Waals surface area contributed by atoms with E-state index in [1.807, 2.05) is 13.0 Å².